The normalized spacial score (nSPS) is 9.50. The van der Waals surface area contributed by atoms with Gasteiger partial charge in [-0.2, -0.15) is 0 Å². The maximum Gasteiger partial charge on any atom is 0.0626 e. The van der Waals surface area contributed by atoms with Gasteiger partial charge in [0, 0.05) is 6.54 Å². The van der Waals surface area contributed by atoms with Crippen LogP contribution in [0, 0.1) is 11.8 Å². The average molecular weight is 164 g/mol. The second kappa shape index (κ2) is 3.85. The van der Waals surface area contributed by atoms with Crippen LogP contribution >= 0.6 is 0 Å². The van der Waals surface area contributed by atoms with Crippen molar-refractivity contribution in [3.05, 3.63) is 34.7 Å². The molecular weight excluding hydrogens is 152 g/mol. The number of hydrogen-bond donors (Lipinski definition) is 0. The fraction of sp³-hybridized carbons (Fsp3) is 0.333. The Labute approximate surface area is 72.0 Å². The molecule has 1 rings (SSSR count). The summed E-state index contributed by atoms with van der Waals surface area (Å²) < 4.78 is 0. The maximum absolute atomic E-state index is 10.3. The van der Waals surface area contributed by atoms with E-state index in [9.17, 15) is 4.91 Å². The molecular formula is C9H12N2O. The van der Waals surface area contributed by atoms with Gasteiger partial charge in [-0.1, -0.05) is 17.7 Å². The largest absolute Gasteiger partial charge is 0.230 e. The van der Waals surface area contributed by atoms with Gasteiger partial charge >= 0.3 is 0 Å². The van der Waals surface area contributed by atoms with E-state index in [0.717, 1.165) is 5.69 Å². The van der Waals surface area contributed by atoms with E-state index in [1.165, 1.54) is 10.6 Å². The molecule has 0 unspecified atom stereocenters. The van der Waals surface area contributed by atoms with Crippen LogP contribution in [0.1, 0.15) is 12.5 Å². The van der Waals surface area contributed by atoms with Crippen molar-refractivity contribution < 1.29 is 0 Å². The van der Waals surface area contributed by atoms with Gasteiger partial charge in [0.25, 0.3) is 0 Å². The SMILES string of the molecule is CCN(N=O)c1ccc(C)cc1. The highest BCUT2D eigenvalue weighted by Gasteiger charge is 2.01. The van der Waals surface area contributed by atoms with Crippen molar-refractivity contribution in [1.29, 1.82) is 0 Å². The third kappa shape index (κ3) is 1.81. The zero-order chi connectivity index (χ0) is 8.97. The first kappa shape index (κ1) is 8.71. The molecule has 12 heavy (non-hydrogen) atoms. The van der Waals surface area contributed by atoms with Gasteiger partial charge in [0.05, 0.1) is 11.0 Å². The fourth-order valence-electron chi connectivity index (χ4n) is 1.00. The Morgan fingerprint density at radius 2 is 1.92 bits per heavy atom. The van der Waals surface area contributed by atoms with Crippen molar-refractivity contribution in [2.24, 2.45) is 5.29 Å². The van der Waals surface area contributed by atoms with Crippen LogP contribution in [0.4, 0.5) is 5.69 Å². The van der Waals surface area contributed by atoms with Gasteiger partial charge < -0.3 is 0 Å². The van der Waals surface area contributed by atoms with Crippen LogP contribution in [0.15, 0.2) is 29.6 Å². The van der Waals surface area contributed by atoms with E-state index in [0.29, 0.717) is 6.54 Å². The monoisotopic (exact) mass is 164 g/mol. The number of nitroso groups, excluding NO2 is 1. The van der Waals surface area contributed by atoms with Gasteiger partial charge in [-0.25, -0.2) is 5.01 Å². The molecule has 64 valence electrons. The third-order valence-electron chi connectivity index (χ3n) is 1.73. The van der Waals surface area contributed by atoms with E-state index >= 15 is 0 Å². The topological polar surface area (TPSA) is 32.7 Å². The molecule has 0 saturated heterocycles. The molecule has 0 aromatic heterocycles. The minimum Gasteiger partial charge on any atom is -0.230 e. The Morgan fingerprint density at radius 3 is 2.33 bits per heavy atom. The second-order valence-electron chi connectivity index (χ2n) is 2.63. The molecule has 0 heterocycles. The summed E-state index contributed by atoms with van der Waals surface area (Å²) in [5, 5.41) is 4.31. The van der Waals surface area contributed by atoms with E-state index in [1.54, 1.807) is 0 Å². The Morgan fingerprint density at radius 1 is 1.33 bits per heavy atom. The lowest BCUT2D eigenvalue weighted by Crippen LogP contribution is -2.13. The van der Waals surface area contributed by atoms with Crippen molar-refractivity contribution in [3.8, 4) is 0 Å². The van der Waals surface area contributed by atoms with E-state index in [1.807, 2.05) is 38.1 Å². The van der Waals surface area contributed by atoms with Crippen molar-refractivity contribution >= 4 is 5.69 Å². The van der Waals surface area contributed by atoms with Crippen LogP contribution < -0.4 is 5.01 Å². The minimum absolute atomic E-state index is 0.604. The van der Waals surface area contributed by atoms with E-state index < -0.39 is 0 Å². The first-order chi connectivity index (χ1) is 5.77. The summed E-state index contributed by atoms with van der Waals surface area (Å²) in [6.45, 7) is 4.50. The lowest BCUT2D eigenvalue weighted by Gasteiger charge is -2.11. The predicted octanol–water partition coefficient (Wildman–Crippen LogP) is 2.50. The summed E-state index contributed by atoms with van der Waals surface area (Å²) in [7, 11) is 0. The average Bonchev–Trinajstić information content (AvgIpc) is 2.10. The number of anilines is 1. The molecule has 0 saturated carbocycles. The Bertz CT molecular complexity index is 256. The smallest absolute Gasteiger partial charge is 0.0626 e. The molecule has 0 aliphatic rings. The van der Waals surface area contributed by atoms with Gasteiger partial charge in [-0.3, -0.25) is 0 Å². The Hall–Kier alpha value is -1.38. The fourth-order valence-corrected chi connectivity index (χ4v) is 1.00. The third-order valence-corrected chi connectivity index (χ3v) is 1.73. The van der Waals surface area contributed by atoms with E-state index in [2.05, 4.69) is 5.29 Å². The lowest BCUT2D eigenvalue weighted by atomic mass is 10.2. The molecule has 0 bridgehead atoms. The highest BCUT2D eigenvalue weighted by Crippen LogP contribution is 2.14. The number of benzene rings is 1. The van der Waals surface area contributed by atoms with Crippen LogP contribution in [-0.2, 0) is 0 Å². The lowest BCUT2D eigenvalue weighted by molar-refractivity contribution is 0.884. The standard InChI is InChI=1S/C9H12N2O/c1-3-11(10-12)9-6-4-8(2)5-7-9/h4-7H,3H2,1-2H3. The summed E-state index contributed by atoms with van der Waals surface area (Å²) >= 11 is 0. The minimum atomic E-state index is 0.604. The summed E-state index contributed by atoms with van der Waals surface area (Å²) in [6.07, 6.45) is 0. The highest BCUT2D eigenvalue weighted by atomic mass is 16.3. The zero-order valence-electron chi connectivity index (χ0n) is 7.32. The molecule has 0 fully saturated rings. The quantitative estimate of drug-likeness (QED) is 0.508. The molecule has 0 radical (unpaired) electrons. The summed E-state index contributed by atoms with van der Waals surface area (Å²) in [5.74, 6) is 0. The zero-order valence-corrected chi connectivity index (χ0v) is 7.32. The first-order valence-corrected chi connectivity index (χ1v) is 3.95. The first-order valence-electron chi connectivity index (χ1n) is 3.95. The molecule has 0 spiro atoms. The number of nitrogens with zero attached hydrogens (tertiary/aromatic N) is 2. The van der Waals surface area contributed by atoms with Gasteiger partial charge in [-0.05, 0) is 26.0 Å². The molecule has 0 N–H and O–H groups in total. The molecule has 1 aromatic carbocycles. The van der Waals surface area contributed by atoms with Gasteiger partial charge in [0.15, 0.2) is 0 Å². The van der Waals surface area contributed by atoms with Crippen LogP contribution in [0.5, 0.6) is 0 Å². The second-order valence-corrected chi connectivity index (χ2v) is 2.63. The van der Waals surface area contributed by atoms with Crippen LogP contribution in [0.25, 0.3) is 0 Å². The number of aryl methyl sites for hydroxylation is 1. The number of rotatable bonds is 3. The van der Waals surface area contributed by atoms with Gasteiger partial charge in [0.2, 0.25) is 0 Å². The molecule has 3 heteroatoms. The molecule has 0 aliphatic carbocycles. The van der Waals surface area contributed by atoms with Crippen LogP contribution in [0.2, 0.25) is 0 Å². The van der Waals surface area contributed by atoms with Crippen LogP contribution in [0.3, 0.4) is 0 Å². The predicted molar refractivity (Wildman–Crippen MR) is 50.0 cm³/mol. The Balaban J connectivity index is 2.87. The highest BCUT2D eigenvalue weighted by molar-refractivity contribution is 5.46. The van der Waals surface area contributed by atoms with Crippen molar-refractivity contribution in [2.75, 3.05) is 11.6 Å². The molecule has 0 amide bonds. The molecule has 1 aromatic rings. The summed E-state index contributed by atoms with van der Waals surface area (Å²) in [4.78, 5) is 10.3. The van der Waals surface area contributed by atoms with Crippen molar-refractivity contribution in [1.82, 2.24) is 0 Å². The summed E-state index contributed by atoms with van der Waals surface area (Å²) in [5.41, 5.74) is 2.03. The van der Waals surface area contributed by atoms with E-state index in [-0.39, 0.29) is 0 Å². The van der Waals surface area contributed by atoms with Gasteiger partial charge in [-0.15, -0.1) is 4.91 Å². The van der Waals surface area contributed by atoms with Gasteiger partial charge in [0.1, 0.15) is 0 Å². The van der Waals surface area contributed by atoms with E-state index in [4.69, 9.17) is 0 Å². The van der Waals surface area contributed by atoms with Crippen molar-refractivity contribution in [3.63, 3.8) is 0 Å². The maximum atomic E-state index is 10.3. The molecule has 0 aliphatic heterocycles. The van der Waals surface area contributed by atoms with Crippen molar-refractivity contribution in [2.45, 2.75) is 13.8 Å². The molecule has 0 atom stereocenters. The molecule has 3 nitrogen and oxygen atoms in total. The summed E-state index contributed by atoms with van der Waals surface area (Å²) in [6, 6.07) is 7.70. The number of hydrogen-bond acceptors (Lipinski definition) is 2. The Kier molecular flexibility index (Phi) is 2.80. The van der Waals surface area contributed by atoms with Crippen LogP contribution in [-0.4, -0.2) is 6.54 Å².